The van der Waals surface area contributed by atoms with Crippen molar-refractivity contribution in [3.8, 4) is 11.5 Å². The molecule has 28 heavy (non-hydrogen) atoms. The van der Waals surface area contributed by atoms with E-state index < -0.39 is 6.61 Å². The number of halogens is 2. The van der Waals surface area contributed by atoms with Gasteiger partial charge in [-0.3, -0.25) is 4.99 Å². The zero-order chi connectivity index (χ0) is 20.4. The minimum atomic E-state index is -2.93. The second-order valence-corrected chi connectivity index (χ2v) is 5.96. The molecule has 0 heterocycles. The Labute approximate surface area is 163 Å². The number of hydrogen-bond donors (Lipinski definition) is 3. The average Bonchev–Trinajstić information content (AvgIpc) is 2.71. The van der Waals surface area contributed by atoms with E-state index in [0.717, 1.165) is 11.1 Å². The van der Waals surface area contributed by atoms with Crippen molar-refractivity contribution in [1.29, 1.82) is 0 Å². The first-order valence-electron chi connectivity index (χ1n) is 8.79. The molecule has 0 aliphatic heterocycles. The van der Waals surface area contributed by atoms with Crippen molar-refractivity contribution in [3.05, 3.63) is 59.7 Å². The molecule has 0 aromatic heterocycles. The molecule has 1 atom stereocenters. The third kappa shape index (κ3) is 6.38. The van der Waals surface area contributed by atoms with Gasteiger partial charge in [-0.25, -0.2) is 0 Å². The molecule has 0 saturated carbocycles. The number of nitrogens with zero attached hydrogens (tertiary/aromatic N) is 1. The van der Waals surface area contributed by atoms with Crippen molar-refractivity contribution in [1.82, 2.24) is 10.6 Å². The molecule has 0 aliphatic carbocycles. The number of guanidine groups is 1. The maximum absolute atomic E-state index is 12.5. The quantitative estimate of drug-likeness (QED) is 0.451. The largest absolute Gasteiger partial charge is 0.493 e. The highest BCUT2D eigenvalue weighted by Crippen LogP contribution is 2.29. The molecular weight excluding hydrogens is 368 g/mol. The van der Waals surface area contributed by atoms with Crippen LogP contribution in [0.2, 0.25) is 0 Å². The summed E-state index contributed by atoms with van der Waals surface area (Å²) in [5.74, 6) is 0.665. The third-order valence-corrected chi connectivity index (χ3v) is 4.13. The van der Waals surface area contributed by atoms with Crippen molar-refractivity contribution in [2.24, 2.45) is 4.99 Å². The van der Waals surface area contributed by atoms with Crippen LogP contribution in [-0.2, 0) is 6.54 Å². The first kappa shape index (κ1) is 21.4. The van der Waals surface area contributed by atoms with Gasteiger partial charge in [0.1, 0.15) is 0 Å². The predicted octanol–water partition coefficient (Wildman–Crippen LogP) is 2.74. The van der Waals surface area contributed by atoms with E-state index >= 15 is 0 Å². The molecular formula is C20H25F2N3O3. The van der Waals surface area contributed by atoms with E-state index in [1.165, 1.54) is 13.2 Å². The van der Waals surface area contributed by atoms with Gasteiger partial charge in [-0.15, -0.1) is 0 Å². The number of hydrogen-bond acceptors (Lipinski definition) is 4. The maximum atomic E-state index is 12.5. The van der Waals surface area contributed by atoms with Crippen LogP contribution in [0.15, 0.2) is 53.5 Å². The van der Waals surface area contributed by atoms with Crippen molar-refractivity contribution >= 4 is 5.96 Å². The molecule has 8 heteroatoms. The molecule has 1 unspecified atom stereocenters. The summed E-state index contributed by atoms with van der Waals surface area (Å²) in [5, 5.41) is 15.9. The van der Waals surface area contributed by atoms with Crippen molar-refractivity contribution in [2.75, 3.05) is 27.3 Å². The number of aliphatic hydroxyl groups excluding tert-OH is 1. The molecule has 152 valence electrons. The molecule has 0 aliphatic rings. The summed E-state index contributed by atoms with van der Waals surface area (Å²) in [6, 6.07) is 14.5. The first-order valence-corrected chi connectivity index (χ1v) is 8.79. The van der Waals surface area contributed by atoms with Crippen LogP contribution in [0.4, 0.5) is 8.78 Å². The van der Waals surface area contributed by atoms with Crippen LogP contribution < -0.4 is 20.1 Å². The number of alkyl halides is 2. The fourth-order valence-corrected chi connectivity index (χ4v) is 2.66. The highest BCUT2D eigenvalue weighted by Gasteiger charge is 2.13. The van der Waals surface area contributed by atoms with Gasteiger partial charge in [0, 0.05) is 26.1 Å². The Bertz CT molecular complexity index is 758. The average molecular weight is 393 g/mol. The third-order valence-electron chi connectivity index (χ3n) is 4.13. The lowest BCUT2D eigenvalue weighted by molar-refractivity contribution is -0.0512. The minimum absolute atomic E-state index is 0.000808. The SMILES string of the molecule is CN=C(NCc1ccc(OC)c(OC(F)F)c1)NCC(CO)c1ccccc1. The normalized spacial score (nSPS) is 12.6. The van der Waals surface area contributed by atoms with E-state index in [4.69, 9.17) is 4.74 Å². The number of nitrogens with one attached hydrogen (secondary N) is 2. The van der Waals surface area contributed by atoms with E-state index in [9.17, 15) is 13.9 Å². The number of ether oxygens (including phenoxy) is 2. The number of aliphatic imine (C=N–C) groups is 1. The topological polar surface area (TPSA) is 75.1 Å². The standard InChI is InChI=1S/C20H25F2N3O3/c1-23-20(25-12-16(13-26)15-6-4-3-5-7-15)24-11-14-8-9-17(27-2)18(10-14)28-19(21)22/h3-10,16,19,26H,11-13H2,1-2H3,(H2,23,24,25). The second kappa shape index (κ2) is 11.1. The molecule has 0 amide bonds. The van der Waals surface area contributed by atoms with Gasteiger partial charge >= 0.3 is 6.61 Å². The number of rotatable bonds is 9. The van der Waals surface area contributed by atoms with Crippen LogP contribution in [0.5, 0.6) is 11.5 Å². The molecule has 2 aromatic carbocycles. The van der Waals surface area contributed by atoms with E-state index in [1.807, 2.05) is 30.3 Å². The molecule has 2 aromatic rings. The summed E-state index contributed by atoms with van der Waals surface area (Å²) in [4.78, 5) is 4.14. The zero-order valence-corrected chi connectivity index (χ0v) is 15.9. The van der Waals surface area contributed by atoms with Crippen molar-refractivity contribution in [3.63, 3.8) is 0 Å². The zero-order valence-electron chi connectivity index (χ0n) is 15.9. The lowest BCUT2D eigenvalue weighted by Crippen LogP contribution is -2.39. The fraction of sp³-hybridized carbons (Fsp3) is 0.350. The van der Waals surface area contributed by atoms with Gasteiger partial charge in [0.2, 0.25) is 0 Å². The number of benzene rings is 2. The molecule has 0 radical (unpaired) electrons. The Morgan fingerprint density at radius 3 is 2.46 bits per heavy atom. The van der Waals surface area contributed by atoms with Gasteiger partial charge < -0.3 is 25.2 Å². The molecule has 6 nitrogen and oxygen atoms in total. The number of methoxy groups -OCH3 is 1. The van der Waals surface area contributed by atoms with Crippen molar-refractivity contribution < 1.29 is 23.4 Å². The van der Waals surface area contributed by atoms with Crippen LogP contribution in [0.25, 0.3) is 0 Å². The Balaban J connectivity index is 1.94. The van der Waals surface area contributed by atoms with Gasteiger partial charge in [-0.1, -0.05) is 36.4 Å². The first-order chi connectivity index (χ1) is 13.6. The van der Waals surface area contributed by atoms with Crippen LogP contribution >= 0.6 is 0 Å². The van der Waals surface area contributed by atoms with Crippen molar-refractivity contribution in [2.45, 2.75) is 19.1 Å². The number of aliphatic hydroxyl groups is 1. The fourth-order valence-electron chi connectivity index (χ4n) is 2.66. The Kier molecular flexibility index (Phi) is 8.48. The lowest BCUT2D eigenvalue weighted by atomic mass is 10.0. The molecule has 0 saturated heterocycles. The van der Waals surface area contributed by atoms with E-state index in [1.54, 1.807) is 19.2 Å². The van der Waals surface area contributed by atoms with E-state index in [0.29, 0.717) is 19.0 Å². The van der Waals surface area contributed by atoms with E-state index in [2.05, 4.69) is 20.4 Å². The Morgan fingerprint density at radius 2 is 1.86 bits per heavy atom. The summed E-state index contributed by atoms with van der Waals surface area (Å²) in [5.41, 5.74) is 1.75. The highest BCUT2D eigenvalue weighted by atomic mass is 19.3. The molecule has 2 rings (SSSR count). The van der Waals surface area contributed by atoms with Crippen LogP contribution in [-0.4, -0.2) is 45.0 Å². The predicted molar refractivity (Wildman–Crippen MR) is 104 cm³/mol. The van der Waals surface area contributed by atoms with Crippen LogP contribution in [0, 0.1) is 0 Å². The molecule has 0 spiro atoms. The lowest BCUT2D eigenvalue weighted by Gasteiger charge is -2.18. The van der Waals surface area contributed by atoms with Gasteiger partial charge in [0.15, 0.2) is 17.5 Å². The van der Waals surface area contributed by atoms with Gasteiger partial charge in [0.05, 0.1) is 13.7 Å². The molecule has 0 fully saturated rings. The second-order valence-electron chi connectivity index (χ2n) is 5.96. The summed E-state index contributed by atoms with van der Waals surface area (Å²) < 4.78 is 34.6. The van der Waals surface area contributed by atoms with Crippen LogP contribution in [0.1, 0.15) is 17.0 Å². The molecule has 3 N–H and O–H groups in total. The van der Waals surface area contributed by atoms with Gasteiger partial charge in [-0.05, 0) is 23.3 Å². The summed E-state index contributed by atoms with van der Waals surface area (Å²) >= 11 is 0. The maximum Gasteiger partial charge on any atom is 0.387 e. The monoisotopic (exact) mass is 393 g/mol. The van der Waals surface area contributed by atoms with Gasteiger partial charge in [0.25, 0.3) is 0 Å². The smallest absolute Gasteiger partial charge is 0.387 e. The summed E-state index contributed by atoms with van der Waals surface area (Å²) in [7, 11) is 3.02. The Morgan fingerprint density at radius 1 is 1.11 bits per heavy atom. The van der Waals surface area contributed by atoms with Crippen LogP contribution in [0.3, 0.4) is 0 Å². The Hall–Kier alpha value is -2.87. The van der Waals surface area contributed by atoms with Gasteiger partial charge in [-0.2, -0.15) is 8.78 Å². The minimum Gasteiger partial charge on any atom is -0.493 e. The summed E-state index contributed by atoms with van der Waals surface area (Å²) in [6.07, 6.45) is 0. The summed E-state index contributed by atoms with van der Waals surface area (Å²) in [6.45, 7) is -2.10. The molecule has 0 bridgehead atoms. The van der Waals surface area contributed by atoms with E-state index in [-0.39, 0.29) is 24.0 Å². The highest BCUT2D eigenvalue weighted by molar-refractivity contribution is 5.79.